The van der Waals surface area contributed by atoms with Crippen molar-refractivity contribution in [2.24, 2.45) is 0 Å². The van der Waals surface area contributed by atoms with E-state index in [0.29, 0.717) is 6.54 Å². The molecule has 0 aromatic heterocycles. The number of hydrogen-bond donors (Lipinski definition) is 2. The maximum Gasteiger partial charge on any atom is 0.338 e. The predicted octanol–water partition coefficient (Wildman–Crippen LogP) is 0.813. The quantitative estimate of drug-likeness (QED) is 0.361. The van der Waals surface area contributed by atoms with Crippen LogP contribution in [0.3, 0.4) is 0 Å². The molecule has 0 atom stereocenters. The number of hydrogen-bond acceptors (Lipinski definition) is 2. The van der Waals surface area contributed by atoms with Gasteiger partial charge in [0.25, 0.3) is 0 Å². The molecule has 0 aromatic rings. The highest BCUT2D eigenvalue weighted by Crippen LogP contribution is 1.78. The number of rotatable bonds is 4. The van der Waals surface area contributed by atoms with Crippen LogP contribution >= 0.6 is 0 Å². The van der Waals surface area contributed by atoms with Crippen LogP contribution < -0.4 is 10.8 Å². The molecule has 0 saturated carbocycles. The SMILES string of the molecule is C/C=C/CCNC(=O)NOC. The first kappa shape index (κ1) is 9.97. The zero-order valence-corrected chi connectivity index (χ0v) is 6.89. The van der Waals surface area contributed by atoms with Gasteiger partial charge in [-0.15, -0.1) is 0 Å². The van der Waals surface area contributed by atoms with E-state index < -0.39 is 0 Å². The van der Waals surface area contributed by atoms with Gasteiger partial charge in [0, 0.05) is 6.54 Å². The standard InChI is InChI=1S/C7H14N2O2/c1-3-4-5-6-8-7(10)9-11-2/h3-4H,5-6H2,1-2H3,(H2,8,9,10)/b4-3+. The second kappa shape index (κ2) is 7.08. The molecule has 0 radical (unpaired) electrons. The maximum absolute atomic E-state index is 10.6. The highest BCUT2D eigenvalue weighted by atomic mass is 16.6. The number of nitrogens with one attached hydrogen (secondary N) is 2. The fourth-order valence-corrected chi connectivity index (χ4v) is 0.564. The summed E-state index contributed by atoms with van der Waals surface area (Å²) in [4.78, 5) is 15.0. The van der Waals surface area contributed by atoms with Gasteiger partial charge in [-0.1, -0.05) is 12.2 Å². The van der Waals surface area contributed by atoms with E-state index in [9.17, 15) is 4.79 Å². The minimum absolute atomic E-state index is 0.308. The smallest absolute Gasteiger partial charge is 0.336 e. The molecule has 0 aliphatic carbocycles. The fourth-order valence-electron chi connectivity index (χ4n) is 0.564. The summed E-state index contributed by atoms with van der Waals surface area (Å²) in [6, 6.07) is -0.308. The third-order valence-corrected chi connectivity index (χ3v) is 1.03. The average Bonchev–Trinajstić information content (AvgIpc) is 1.99. The Kier molecular flexibility index (Phi) is 6.42. The Morgan fingerprint density at radius 3 is 2.91 bits per heavy atom. The summed E-state index contributed by atoms with van der Waals surface area (Å²) in [7, 11) is 1.39. The Bertz CT molecular complexity index is 134. The van der Waals surface area contributed by atoms with Gasteiger partial charge in [-0.05, 0) is 13.3 Å². The molecular weight excluding hydrogens is 144 g/mol. The number of carbonyl (C=O) groups excluding carboxylic acids is 1. The number of allylic oxidation sites excluding steroid dienone is 1. The molecule has 0 spiro atoms. The molecule has 0 bridgehead atoms. The molecule has 2 N–H and O–H groups in total. The van der Waals surface area contributed by atoms with Crippen molar-refractivity contribution >= 4 is 6.03 Å². The lowest BCUT2D eigenvalue weighted by Crippen LogP contribution is -2.35. The molecule has 0 aliphatic heterocycles. The molecule has 0 unspecified atom stereocenters. The molecule has 0 aliphatic rings. The van der Waals surface area contributed by atoms with Crippen LogP contribution in [0.1, 0.15) is 13.3 Å². The minimum atomic E-state index is -0.308. The van der Waals surface area contributed by atoms with Crippen molar-refractivity contribution in [3.63, 3.8) is 0 Å². The van der Waals surface area contributed by atoms with Gasteiger partial charge in [-0.3, -0.25) is 4.84 Å². The van der Waals surface area contributed by atoms with Crippen LogP contribution in [0.5, 0.6) is 0 Å². The summed E-state index contributed by atoms with van der Waals surface area (Å²) in [6.45, 7) is 2.56. The van der Waals surface area contributed by atoms with Gasteiger partial charge in [0.2, 0.25) is 0 Å². The maximum atomic E-state index is 10.6. The first-order valence-electron chi connectivity index (χ1n) is 3.49. The lowest BCUT2D eigenvalue weighted by atomic mass is 10.4. The third kappa shape index (κ3) is 6.86. The number of carbonyl (C=O) groups is 1. The summed E-state index contributed by atoms with van der Waals surface area (Å²) in [6.07, 6.45) is 4.76. The van der Waals surface area contributed by atoms with Gasteiger partial charge in [0.1, 0.15) is 0 Å². The summed E-state index contributed by atoms with van der Waals surface area (Å²) < 4.78 is 0. The van der Waals surface area contributed by atoms with Gasteiger partial charge in [-0.2, -0.15) is 0 Å². The van der Waals surface area contributed by atoms with E-state index in [0.717, 1.165) is 6.42 Å². The molecule has 0 aromatic carbocycles. The average molecular weight is 158 g/mol. The molecule has 0 fully saturated rings. The summed E-state index contributed by atoms with van der Waals surface area (Å²) in [5.74, 6) is 0. The van der Waals surface area contributed by atoms with Crippen molar-refractivity contribution in [2.75, 3.05) is 13.7 Å². The molecule has 0 saturated heterocycles. The van der Waals surface area contributed by atoms with E-state index >= 15 is 0 Å². The van der Waals surface area contributed by atoms with E-state index in [1.165, 1.54) is 7.11 Å². The molecule has 0 rings (SSSR count). The Hall–Kier alpha value is -1.03. The zero-order chi connectivity index (χ0) is 8.53. The minimum Gasteiger partial charge on any atom is -0.336 e. The highest BCUT2D eigenvalue weighted by Gasteiger charge is 1.93. The van der Waals surface area contributed by atoms with Crippen LogP contribution in [0.15, 0.2) is 12.2 Å². The Morgan fingerprint density at radius 2 is 2.36 bits per heavy atom. The Balaban J connectivity index is 3.17. The first-order chi connectivity index (χ1) is 5.31. The fraction of sp³-hybridized carbons (Fsp3) is 0.571. The largest absolute Gasteiger partial charge is 0.338 e. The first-order valence-corrected chi connectivity index (χ1v) is 3.49. The monoisotopic (exact) mass is 158 g/mol. The highest BCUT2D eigenvalue weighted by molar-refractivity contribution is 5.72. The van der Waals surface area contributed by atoms with Crippen LogP contribution in [0, 0.1) is 0 Å². The van der Waals surface area contributed by atoms with Crippen molar-refractivity contribution in [1.82, 2.24) is 10.8 Å². The molecule has 4 heteroatoms. The molecule has 11 heavy (non-hydrogen) atoms. The normalized spacial score (nSPS) is 10.0. The van der Waals surface area contributed by atoms with Crippen LogP contribution in [-0.4, -0.2) is 19.7 Å². The van der Waals surface area contributed by atoms with Gasteiger partial charge >= 0.3 is 6.03 Å². The molecule has 2 amide bonds. The lowest BCUT2D eigenvalue weighted by molar-refractivity contribution is 0.107. The Labute approximate surface area is 66.6 Å². The zero-order valence-electron chi connectivity index (χ0n) is 6.89. The van der Waals surface area contributed by atoms with Crippen molar-refractivity contribution in [3.8, 4) is 0 Å². The number of amides is 2. The van der Waals surface area contributed by atoms with Crippen LogP contribution in [-0.2, 0) is 4.84 Å². The summed E-state index contributed by atoms with van der Waals surface area (Å²) in [5, 5.41) is 2.59. The van der Waals surface area contributed by atoms with Crippen molar-refractivity contribution in [2.45, 2.75) is 13.3 Å². The topological polar surface area (TPSA) is 50.4 Å². The van der Waals surface area contributed by atoms with Gasteiger partial charge in [-0.25, -0.2) is 10.3 Å². The van der Waals surface area contributed by atoms with E-state index in [-0.39, 0.29) is 6.03 Å². The summed E-state index contributed by atoms with van der Waals surface area (Å²) in [5.41, 5.74) is 2.15. The molecule has 64 valence electrons. The second-order valence-corrected chi connectivity index (χ2v) is 1.92. The van der Waals surface area contributed by atoms with Crippen molar-refractivity contribution in [3.05, 3.63) is 12.2 Å². The predicted molar refractivity (Wildman–Crippen MR) is 43.0 cm³/mol. The molecular formula is C7H14N2O2. The van der Waals surface area contributed by atoms with Crippen molar-refractivity contribution < 1.29 is 9.63 Å². The molecule has 0 heterocycles. The summed E-state index contributed by atoms with van der Waals surface area (Å²) >= 11 is 0. The van der Waals surface area contributed by atoms with Crippen LogP contribution in [0.2, 0.25) is 0 Å². The van der Waals surface area contributed by atoms with E-state index in [1.54, 1.807) is 0 Å². The lowest BCUT2D eigenvalue weighted by Gasteiger charge is -2.02. The number of urea groups is 1. The van der Waals surface area contributed by atoms with Crippen molar-refractivity contribution in [1.29, 1.82) is 0 Å². The second-order valence-electron chi connectivity index (χ2n) is 1.92. The van der Waals surface area contributed by atoms with E-state index in [4.69, 9.17) is 0 Å². The van der Waals surface area contributed by atoms with Crippen LogP contribution in [0.25, 0.3) is 0 Å². The van der Waals surface area contributed by atoms with E-state index in [2.05, 4.69) is 15.6 Å². The van der Waals surface area contributed by atoms with E-state index in [1.807, 2.05) is 19.1 Å². The Morgan fingerprint density at radius 1 is 1.64 bits per heavy atom. The molecule has 4 nitrogen and oxygen atoms in total. The van der Waals surface area contributed by atoms with Gasteiger partial charge in [0.05, 0.1) is 7.11 Å². The van der Waals surface area contributed by atoms with Crippen LogP contribution in [0.4, 0.5) is 4.79 Å². The number of hydroxylamine groups is 1. The van der Waals surface area contributed by atoms with Gasteiger partial charge in [0.15, 0.2) is 0 Å². The van der Waals surface area contributed by atoms with Gasteiger partial charge < -0.3 is 5.32 Å². The third-order valence-electron chi connectivity index (χ3n) is 1.03.